The van der Waals surface area contributed by atoms with Crippen LogP contribution in [0.15, 0.2) is 18.2 Å². The number of hydrogen-bond donors (Lipinski definition) is 0. The molecule has 1 aliphatic heterocycles. The number of unbranched alkanes of at least 4 members (excludes halogenated alkanes) is 4. The third-order valence-corrected chi connectivity index (χ3v) is 10.3. The molecule has 0 atom stereocenters. The summed E-state index contributed by atoms with van der Waals surface area (Å²) in [6.07, 6.45) is 15.9. The molecule has 164 valence electrons. The van der Waals surface area contributed by atoms with Gasteiger partial charge in [-0.2, -0.15) is 0 Å². The second kappa shape index (κ2) is 12.6. The lowest BCUT2D eigenvalue weighted by Crippen LogP contribution is -2.27. The molecule has 1 heterocycles. The Morgan fingerprint density at radius 1 is 0.862 bits per heavy atom. The summed E-state index contributed by atoms with van der Waals surface area (Å²) in [6, 6.07) is 6.07. The van der Waals surface area contributed by atoms with Gasteiger partial charge < -0.3 is 0 Å². The zero-order valence-electron chi connectivity index (χ0n) is 18.6. The third-order valence-electron chi connectivity index (χ3n) is 7.10. The molecule has 2 fully saturated rings. The summed E-state index contributed by atoms with van der Waals surface area (Å²) in [4.78, 5) is 0. The Hall–Kier alpha value is -0.150. The molecule has 0 aromatic heterocycles. The zero-order valence-corrected chi connectivity index (χ0v) is 20.3. The Bertz CT molecular complexity index is 586. The van der Waals surface area contributed by atoms with Gasteiger partial charge in [-0.25, -0.2) is 4.39 Å². The van der Waals surface area contributed by atoms with Crippen molar-refractivity contribution in [2.75, 3.05) is 11.5 Å². The van der Waals surface area contributed by atoms with Gasteiger partial charge in [-0.1, -0.05) is 77.3 Å². The van der Waals surface area contributed by atoms with Crippen LogP contribution in [0.2, 0.25) is 0 Å². The molecular formula is C26H41FS2. The highest BCUT2D eigenvalue weighted by molar-refractivity contribution is 8.16. The van der Waals surface area contributed by atoms with Crippen LogP contribution in [0.5, 0.6) is 0 Å². The maximum Gasteiger partial charge on any atom is 0.126 e. The Labute approximate surface area is 187 Å². The summed E-state index contributed by atoms with van der Waals surface area (Å²) < 4.78 is 15.0. The minimum Gasteiger partial charge on any atom is -0.207 e. The first-order chi connectivity index (χ1) is 14.2. The third kappa shape index (κ3) is 7.20. The molecule has 29 heavy (non-hydrogen) atoms. The standard InChI is InChI=1S/C26H41FS2/c1-3-5-7-9-20-11-13-21(14-12-20)24-18-28-26(29-19-24)23-16-15-22(25(27)17-23)10-8-6-4-2/h15-17,20-21,24,26H,3-14,18-19H2,1-2H3/t20-,21-,24?,26?. The second-order valence-corrected chi connectivity index (χ2v) is 11.9. The van der Waals surface area contributed by atoms with Gasteiger partial charge in [0.25, 0.3) is 0 Å². The molecule has 0 unspecified atom stereocenters. The molecule has 1 saturated heterocycles. The first-order valence-electron chi connectivity index (χ1n) is 12.2. The smallest absolute Gasteiger partial charge is 0.126 e. The van der Waals surface area contributed by atoms with Crippen LogP contribution in [0.4, 0.5) is 4.39 Å². The number of halogens is 1. The van der Waals surface area contributed by atoms with E-state index < -0.39 is 0 Å². The van der Waals surface area contributed by atoms with Crippen LogP contribution in [0.1, 0.15) is 100 Å². The molecule has 1 saturated carbocycles. The van der Waals surface area contributed by atoms with E-state index in [1.807, 2.05) is 12.1 Å². The molecule has 0 spiro atoms. The topological polar surface area (TPSA) is 0 Å². The van der Waals surface area contributed by atoms with Crippen LogP contribution in [0, 0.1) is 23.6 Å². The SMILES string of the molecule is CCCCCc1ccc(C2SCC([C@H]3CC[C@H](CCCCC)CC3)CS2)cc1F. The normalized spacial score (nSPS) is 27.8. The molecule has 0 amide bonds. The second-order valence-electron chi connectivity index (χ2n) is 9.34. The van der Waals surface area contributed by atoms with Gasteiger partial charge in [0.15, 0.2) is 0 Å². The van der Waals surface area contributed by atoms with Crippen molar-refractivity contribution in [3.63, 3.8) is 0 Å². The van der Waals surface area contributed by atoms with Crippen molar-refractivity contribution in [3.8, 4) is 0 Å². The van der Waals surface area contributed by atoms with Crippen LogP contribution < -0.4 is 0 Å². The van der Waals surface area contributed by atoms with E-state index in [9.17, 15) is 4.39 Å². The van der Waals surface area contributed by atoms with E-state index in [0.29, 0.717) is 4.58 Å². The van der Waals surface area contributed by atoms with Crippen molar-refractivity contribution in [1.82, 2.24) is 0 Å². The molecule has 0 N–H and O–H groups in total. The lowest BCUT2D eigenvalue weighted by Gasteiger charge is -2.37. The zero-order chi connectivity index (χ0) is 20.5. The highest BCUT2D eigenvalue weighted by Gasteiger charge is 2.32. The van der Waals surface area contributed by atoms with E-state index in [-0.39, 0.29) is 5.82 Å². The van der Waals surface area contributed by atoms with Crippen LogP contribution in [0.25, 0.3) is 0 Å². The number of thioether (sulfide) groups is 2. The highest BCUT2D eigenvalue weighted by atomic mass is 32.2. The summed E-state index contributed by atoms with van der Waals surface area (Å²) in [5, 5.41) is 0. The number of hydrogen-bond acceptors (Lipinski definition) is 2. The quantitative estimate of drug-likeness (QED) is 0.335. The van der Waals surface area contributed by atoms with Gasteiger partial charge in [0.2, 0.25) is 0 Å². The highest BCUT2D eigenvalue weighted by Crippen LogP contribution is 2.49. The molecule has 2 aliphatic rings. The molecule has 1 aromatic rings. The number of rotatable bonds is 10. The van der Waals surface area contributed by atoms with Crippen LogP contribution in [0.3, 0.4) is 0 Å². The molecule has 0 radical (unpaired) electrons. The summed E-state index contributed by atoms with van der Waals surface area (Å²) in [5.41, 5.74) is 2.09. The average molecular weight is 437 g/mol. The molecule has 0 nitrogen and oxygen atoms in total. The van der Waals surface area contributed by atoms with E-state index in [2.05, 4.69) is 43.4 Å². The van der Waals surface area contributed by atoms with E-state index in [0.717, 1.165) is 36.2 Å². The van der Waals surface area contributed by atoms with Gasteiger partial charge in [-0.3, -0.25) is 0 Å². The lowest BCUT2D eigenvalue weighted by molar-refractivity contribution is 0.218. The van der Waals surface area contributed by atoms with Crippen LogP contribution in [-0.2, 0) is 6.42 Å². The first kappa shape index (κ1) is 23.5. The maximum atomic E-state index is 14.5. The van der Waals surface area contributed by atoms with Crippen LogP contribution in [-0.4, -0.2) is 11.5 Å². The number of aryl methyl sites for hydroxylation is 1. The average Bonchev–Trinajstić information content (AvgIpc) is 2.76. The fourth-order valence-corrected chi connectivity index (χ4v) is 8.40. The van der Waals surface area contributed by atoms with Crippen molar-refractivity contribution in [2.45, 2.75) is 95.5 Å². The van der Waals surface area contributed by atoms with E-state index in [4.69, 9.17) is 0 Å². The van der Waals surface area contributed by atoms with Crippen molar-refractivity contribution < 1.29 is 4.39 Å². The van der Waals surface area contributed by atoms with Gasteiger partial charge in [0.1, 0.15) is 5.82 Å². The summed E-state index contributed by atoms with van der Waals surface area (Å²) >= 11 is 4.14. The predicted octanol–water partition coefficient (Wildman–Crippen LogP) is 9.04. The lowest BCUT2D eigenvalue weighted by atomic mass is 9.75. The molecule has 3 heteroatoms. The molecule has 0 bridgehead atoms. The van der Waals surface area contributed by atoms with Gasteiger partial charge in [0.05, 0.1) is 4.58 Å². The Morgan fingerprint density at radius 3 is 2.21 bits per heavy atom. The molecule has 1 aliphatic carbocycles. The predicted molar refractivity (Wildman–Crippen MR) is 130 cm³/mol. The van der Waals surface area contributed by atoms with Crippen molar-refractivity contribution >= 4 is 23.5 Å². The Morgan fingerprint density at radius 2 is 1.55 bits per heavy atom. The van der Waals surface area contributed by atoms with Gasteiger partial charge >= 0.3 is 0 Å². The van der Waals surface area contributed by atoms with Crippen LogP contribution >= 0.6 is 23.5 Å². The monoisotopic (exact) mass is 436 g/mol. The van der Waals surface area contributed by atoms with E-state index in [1.54, 1.807) is 0 Å². The van der Waals surface area contributed by atoms with Crippen molar-refractivity contribution in [3.05, 3.63) is 35.1 Å². The fourth-order valence-electron chi connectivity index (χ4n) is 5.09. The Kier molecular flexibility index (Phi) is 10.3. The van der Waals surface area contributed by atoms with Crippen molar-refractivity contribution in [1.29, 1.82) is 0 Å². The molecular weight excluding hydrogens is 395 g/mol. The van der Waals surface area contributed by atoms with E-state index >= 15 is 0 Å². The molecule has 1 aromatic carbocycles. The minimum absolute atomic E-state index is 0.0170. The largest absolute Gasteiger partial charge is 0.207 e. The first-order valence-corrected chi connectivity index (χ1v) is 14.3. The maximum absolute atomic E-state index is 14.5. The van der Waals surface area contributed by atoms with E-state index in [1.165, 1.54) is 81.3 Å². The summed E-state index contributed by atoms with van der Waals surface area (Å²) in [5.74, 6) is 5.37. The van der Waals surface area contributed by atoms with Crippen molar-refractivity contribution in [2.24, 2.45) is 17.8 Å². The summed E-state index contributed by atoms with van der Waals surface area (Å²) in [7, 11) is 0. The minimum atomic E-state index is 0.0170. The number of benzene rings is 1. The molecule has 3 rings (SSSR count). The van der Waals surface area contributed by atoms with Gasteiger partial charge in [-0.15, -0.1) is 23.5 Å². The van der Waals surface area contributed by atoms with Gasteiger partial charge in [-0.05, 0) is 72.1 Å². The fraction of sp³-hybridized carbons (Fsp3) is 0.769. The van der Waals surface area contributed by atoms with Gasteiger partial charge in [0, 0.05) is 0 Å². The Balaban J connectivity index is 1.42. The summed E-state index contributed by atoms with van der Waals surface area (Å²) in [6.45, 7) is 4.50.